The number of carbonyl (C=O) groups excluding carboxylic acids is 1. The van der Waals surface area contributed by atoms with Crippen molar-refractivity contribution in [3.8, 4) is 0 Å². The quantitative estimate of drug-likeness (QED) is 0.687. The van der Waals surface area contributed by atoms with Crippen molar-refractivity contribution in [2.24, 2.45) is 0 Å². The molecule has 2 aromatic carbocycles. The van der Waals surface area contributed by atoms with Crippen molar-refractivity contribution in [2.45, 2.75) is 39.8 Å². The van der Waals surface area contributed by atoms with E-state index in [0.717, 1.165) is 5.56 Å². The summed E-state index contributed by atoms with van der Waals surface area (Å²) in [6, 6.07) is 14.2. The van der Waals surface area contributed by atoms with Crippen LogP contribution in [0.1, 0.15) is 49.2 Å². The highest BCUT2D eigenvalue weighted by atomic mass is 19.1. The minimum Gasteiger partial charge on any atom is -0.334 e. The van der Waals surface area contributed by atoms with Gasteiger partial charge in [-0.05, 0) is 45.4 Å². The monoisotopic (exact) mass is 325 g/mol. The largest absolute Gasteiger partial charge is 0.334 e. The Kier molecular flexibility index (Phi) is 5.91. The van der Waals surface area contributed by atoms with Gasteiger partial charge in [0.15, 0.2) is 0 Å². The Bertz CT molecular complexity index is 726. The van der Waals surface area contributed by atoms with Gasteiger partial charge in [0.1, 0.15) is 5.82 Å². The van der Waals surface area contributed by atoms with Crippen LogP contribution < -0.4 is 0 Å². The average Bonchev–Trinajstić information content (AvgIpc) is 2.53. The third-order valence-corrected chi connectivity index (χ3v) is 3.89. The van der Waals surface area contributed by atoms with Crippen LogP contribution >= 0.6 is 0 Å². The predicted octanol–water partition coefficient (Wildman–Crippen LogP) is 5.26. The fraction of sp³-hybridized carbons (Fsp3) is 0.286. The van der Waals surface area contributed by atoms with Crippen LogP contribution in [0.15, 0.2) is 48.5 Å². The first-order valence-corrected chi connectivity index (χ1v) is 8.26. The van der Waals surface area contributed by atoms with Gasteiger partial charge >= 0.3 is 0 Å². The molecule has 2 rings (SSSR count). The lowest BCUT2D eigenvalue weighted by molar-refractivity contribution is 0.0643. The molecule has 0 aliphatic carbocycles. The average molecular weight is 325 g/mol. The Morgan fingerprint density at radius 3 is 1.96 bits per heavy atom. The van der Waals surface area contributed by atoms with Crippen LogP contribution in [0.3, 0.4) is 0 Å². The second kappa shape index (κ2) is 7.91. The summed E-state index contributed by atoms with van der Waals surface area (Å²) in [7, 11) is 0. The lowest BCUT2D eigenvalue weighted by atomic mass is 10.0. The highest BCUT2D eigenvalue weighted by Gasteiger charge is 2.22. The lowest BCUT2D eigenvalue weighted by Crippen LogP contribution is -2.42. The van der Waals surface area contributed by atoms with Gasteiger partial charge in [0.25, 0.3) is 5.91 Å². The molecule has 2 nitrogen and oxygen atoms in total. The molecule has 0 radical (unpaired) electrons. The number of rotatable bonds is 5. The van der Waals surface area contributed by atoms with Crippen molar-refractivity contribution in [1.82, 2.24) is 4.90 Å². The lowest BCUT2D eigenvalue weighted by Gasteiger charge is -2.31. The molecule has 0 aliphatic heterocycles. The second-order valence-electron chi connectivity index (χ2n) is 6.34. The van der Waals surface area contributed by atoms with Gasteiger partial charge in [-0.15, -0.1) is 0 Å². The molecule has 0 heterocycles. The molecule has 0 atom stereocenters. The van der Waals surface area contributed by atoms with E-state index < -0.39 is 0 Å². The molecule has 0 aromatic heterocycles. The van der Waals surface area contributed by atoms with Gasteiger partial charge < -0.3 is 4.90 Å². The Morgan fingerprint density at radius 2 is 1.38 bits per heavy atom. The Morgan fingerprint density at radius 1 is 0.875 bits per heavy atom. The van der Waals surface area contributed by atoms with E-state index in [2.05, 4.69) is 0 Å². The number of halogens is 1. The van der Waals surface area contributed by atoms with E-state index in [1.54, 1.807) is 30.4 Å². The summed E-state index contributed by atoms with van der Waals surface area (Å²) in [5.74, 6) is -0.280. The van der Waals surface area contributed by atoms with Gasteiger partial charge in [0.2, 0.25) is 0 Å². The summed E-state index contributed by atoms with van der Waals surface area (Å²) in [6.07, 6.45) is 3.50. The van der Waals surface area contributed by atoms with Crippen LogP contribution in [-0.4, -0.2) is 22.9 Å². The van der Waals surface area contributed by atoms with E-state index in [0.29, 0.717) is 11.1 Å². The molecule has 0 fully saturated rings. The maximum absolute atomic E-state index is 13.8. The van der Waals surface area contributed by atoms with Crippen molar-refractivity contribution in [3.63, 3.8) is 0 Å². The number of amides is 1. The second-order valence-corrected chi connectivity index (χ2v) is 6.34. The number of benzene rings is 2. The first-order valence-electron chi connectivity index (χ1n) is 8.26. The first kappa shape index (κ1) is 17.9. The number of carbonyl (C=O) groups is 1. The normalized spacial score (nSPS) is 11.5. The van der Waals surface area contributed by atoms with Gasteiger partial charge in [0, 0.05) is 23.2 Å². The Labute approximate surface area is 143 Å². The smallest absolute Gasteiger partial charge is 0.254 e. The van der Waals surface area contributed by atoms with Gasteiger partial charge in [-0.3, -0.25) is 4.79 Å². The number of hydrogen-bond donors (Lipinski definition) is 0. The molecule has 0 saturated heterocycles. The Hall–Kier alpha value is -2.42. The minimum atomic E-state index is -0.274. The maximum Gasteiger partial charge on any atom is 0.254 e. The number of nitrogens with zero attached hydrogens (tertiary/aromatic N) is 1. The van der Waals surface area contributed by atoms with Crippen LogP contribution in [0, 0.1) is 5.82 Å². The third-order valence-electron chi connectivity index (χ3n) is 3.89. The molecule has 0 bridgehead atoms. The highest BCUT2D eigenvalue weighted by molar-refractivity contribution is 5.99. The van der Waals surface area contributed by atoms with Crippen molar-refractivity contribution in [1.29, 1.82) is 0 Å². The van der Waals surface area contributed by atoms with Gasteiger partial charge in [-0.1, -0.05) is 48.6 Å². The summed E-state index contributed by atoms with van der Waals surface area (Å²) in [5, 5.41) is 0. The summed E-state index contributed by atoms with van der Waals surface area (Å²) in [5.41, 5.74) is 1.92. The van der Waals surface area contributed by atoms with Crippen LogP contribution in [0.5, 0.6) is 0 Å². The maximum atomic E-state index is 13.8. The van der Waals surface area contributed by atoms with Gasteiger partial charge in [-0.2, -0.15) is 0 Å². The van der Waals surface area contributed by atoms with Crippen LogP contribution in [0.2, 0.25) is 0 Å². The molecule has 0 aliphatic rings. The zero-order chi connectivity index (χ0) is 17.7. The Balaban J connectivity index is 2.37. The molecule has 0 N–H and O–H groups in total. The van der Waals surface area contributed by atoms with Crippen molar-refractivity contribution in [3.05, 3.63) is 71.0 Å². The molecule has 126 valence electrons. The van der Waals surface area contributed by atoms with Crippen molar-refractivity contribution in [2.75, 3.05) is 0 Å². The topological polar surface area (TPSA) is 20.3 Å². The van der Waals surface area contributed by atoms with Crippen molar-refractivity contribution < 1.29 is 9.18 Å². The van der Waals surface area contributed by atoms with E-state index in [1.807, 2.05) is 56.9 Å². The molecule has 0 spiro atoms. The molecule has 0 saturated carbocycles. The van der Waals surface area contributed by atoms with E-state index in [9.17, 15) is 9.18 Å². The van der Waals surface area contributed by atoms with E-state index in [4.69, 9.17) is 0 Å². The van der Waals surface area contributed by atoms with Gasteiger partial charge in [-0.25, -0.2) is 4.39 Å². The zero-order valence-electron chi connectivity index (χ0n) is 14.7. The highest BCUT2D eigenvalue weighted by Crippen LogP contribution is 2.19. The van der Waals surface area contributed by atoms with Crippen LogP contribution in [0.25, 0.3) is 12.2 Å². The molecular formula is C21H24FNO. The first-order chi connectivity index (χ1) is 11.4. The van der Waals surface area contributed by atoms with Crippen LogP contribution in [0.4, 0.5) is 4.39 Å². The SMILES string of the molecule is CC(C)N(C(=O)c1ccccc1/C=C\c1ccccc1F)C(C)C. The minimum absolute atomic E-state index is 0.00576. The summed E-state index contributed by atoms with van der Waals surface area (Å²) >= 11 is 0. The molecule has 24 heavy (non-hydrogen) atoms. The predicted molar refractivity (Wildman–Crippen MR) is 98.2 cm³/mol. The summed E-state index contributed by atoms with van der Waals surface area (Å²) < 4.78 is 13.8. The fourth-order valence-corrected chi connectivity index (χ4v) is 2.83. The summed E-state index contributed by atoms with van der Waals surface area (Å²) in [4.78, 5) is 14.8. The molecule has 0 unspecified atom stereocenters. The van der Waals surface area contributed by atoms with Crippen LogP contribution in [-0.2, 0) is 0 Å². The molecule has 2 aromatic rings. The number of hydrogen-bond acceptors (Lipinski definition) is 1. The standard InChI is InChI=1S/C21H24FNO/c1-15(2)23(16(3)4)21(24)19-11-7-5-9-17(19)13-14-18-10-6-8-12-20(18)22/h5-16H,1-4H3/b14-13-. The third kappa shape index (κ3) is 4.10. The summed E-state index contributed by atoms with van der Waals surface area (Å²) in [6.45, 7) is 8.04. The van der Waals surface area contributed by atoms with E-state index in [-0.39, 0.29) is 23.8 Å². The fourth-order valence-electron chi connectivity index (χ4n) is 2.83. The molecule has 1 amide bonds. The molecule has 3 heteroatoms. The van der Waals surface area contributed by atoms with E-state index in [1.165, 1.54) is 6.07 Å². The van der Waals surface area contributed by atoms with E-state index >= 15 is 0 Å². The van der Waals surface area contributed by atoms with Gasteiger partial charge in [0.05, 0.1) is 0 Å². The zero-order valence-corrected chi connectivity index (χ0v) is 14.7. The molecular weight excluding hydrogens is 301 g/mol. The van der Waals surface area contributed by atoms with Crippen molar-refractivity contribution >= 4 is 18.1 Å².